The first-order valence-corrected chi connectivity index (χ1v) is 16.3. The zero-order valence-electron chi connectivity index (χ0n) is 27.6. The summed E-state index contributed by atoms with van der Waals surface area (Å²) in [6.45, 7) is 3.54. The number of ether oxygens (including phenoxy) is 1. The van der Waals surface area contributed by atoms with E-state index in [0.29, 0.717) is 84.7 Å². The Morgan fingerprint density at radius 3 is 2.44 bits per heavy atom. The number of nitrogens with one attached hydrogen (secondary N) is 2. The van der Waals surface area contributed by atoms with E-state index in [4.69, 9.17) is 14.7 Å². The molecule has 14 heteroatoms. The second-order valence-electron chi connectivity index (χ2n) is 12.4. The van der Waals surface area contributed by atoms with Crippen LogP contribution in [-0.2, 0) is 4.74 Å². The van der Waals surface area contributed by atoms with Gasteiger partial charge < -0.3 is 30.1 Å². The third-order valence-corrected chi connectivity index (χ3v) is 8.94. The Labute approximate surface area is 287 Å². The summed E-state index contributed by atoms with van der Waals surface area (Å²) in [5, 5.41) is 5.22. The van der Waals surface area contributed by atoms with Gasteiger partial charge in [0.1, 0.15) is 11.3 Å². The van der Waals surface area contributed by atoms with E-state index in [2.05, 4.69) is 25.5 Å². The number of halogens is 2. The fourth-order valence-electron chi connectivity index (χ4n) is 6.14. The van der Waals surface area contributed by atoms with Crippen LogP contribution in [0.3, 0.4) is 0 Å². The molecule has 0 aliphatic carbocycles. The number of likely N-dealkylation sites (N-methyl/N-ethyl adjacent to an activating group) is 1. The van der Waals surface area contributed by atoms with Crippen LogP contribution < -0.4 is 15.5 Å². The van der Waals surface area contributed by atoms with Gasteiger partial charge in [-0.25, -0.2) is 24.1 Å². The second-order valence-corrected chi connectivity index (χ2v) is 12.4. The van der Waals surface area contributed by atoms with Gasteiger partial charge in [0.25, 0.3) is 5.91 Å². The number of pyridine rings is 2. The number of amides is 3. The molecule has 50 heavy (non-hydrogen) atoms. The van der Waals surface area contributed by atoms with Crippen LogP contribution in [0.2, 0.25) is 0 Å². The molecule has 256 valence electrons. The van der Waals surface area contributed by atoms with Gasteiger partial charge >= 0.3 is 6.03 Å². The van der Waals surface area contributed by atoms with Crippen molar-refractivity contribution in [1.29, 1.82) is 0 Å². The maximum absolute atomic E-state index is 15.5. The molecule has 5 aromatic rings. The van der Waals surface area contributed by atoms with Crippen molar-refractivity contribution in [2.45, 2.75) is 12.5 Å². The minimum atomic E-state index is -0.693. The zero-order chi connectivity index (χ0) is 34.8. The van der Waals surface area contributed by atoms with Crippen molar-refractivity contribution >= 4 is 40.2 Å². The molecular formula is C36H35F2N9O3. The number of nitrogens with zero attached hydrogens (tertiary/aromatic N) is 7. The Morgan fingerprint density at radius 1 is 0.920 bits per heavy atom. The van der Waals surface area contributed by atoms with Crippen LogP contribution >= 0.6 is 0 Å². The molecule has 0 unspecified atom stereocenters. The molecule has 3 amide bonds. The average molecular weight is 680 g/mol. The first-order chi connectivity index (χ1) is 24.2. The van der Waals surface area contributed by atoms with Crippen LogP contribution in [-0.4, -0.2) is 101 Å². The number of benzene rings is 2. The number of rotatable bonds is 7. The molecule has 0 spiro atoms. The zero-order valence-corrected chi connectivity index (χ0v) is 27.6. The molecule has 2 N–H and O–H groups in total. The highest BCUT2D eigenvalue weighted by atomic mass is 19.1. The molecule has 0 saturated carbocycles. The second kappa shape index (κ2) is 14.1. The molecule has 2 aliphatic rings. The van der Waals surface area contributed by atoms with Crippen molar-refractivity contribution in [3.63, 3.8) is 0 Å². The Morgan fingerprint density at radius 2 is 1.72 bits per heavy atom. The first kappa shape index (κ1) is 32.9. The molecule has 3 aromatic heterocycles. The highest BCUT2D eigenvalue weighted by Crippen LogP contribution is 2.31. The van der Waals surface area contributed by atoms with Gasteiger partial charge in [-0.05, 0) is 81.2 Å². The summed E-state index contributed by atoms with van der Waals surface area (Å²) in [5.74, 6) is -0.589. The number of carbonyl (C=O) groups is 2. The number of anilines is 3. The Hall–Kier alpha value is -5.60. The summed E-state index contributed by atoms with van der Waals surface area (Å²) in [6.07, 6.45) is 3.86. The number of morpholine rings is 1. The minimum absolute atomic E-state index is 0.0484. The topological polar surface area (TPSA) is 129 Å². The highest BCUT2D eigenvalue weighted by Gasteiger charge is 2.28. The van der Waals surface area contributed by atoms with Crippen LogP contribution in [0.25, 0.3) is 33.5 Å². The third kappa shape index (κ3) is 6.93. The van der Waals surface area contributed by atoms with Gasteiger partial charge in [-0.3, -0.25) is 9.78 Å². The molecule has 0 bridgehead atoms. The Balaban J connectivity index is 1.09. The van der Waals surface area contributed by atoms with Gasteiger partial charge in [-0.2, -0.15) is 4.39 Å². The van der Waals surface area contributed by atoms with Crippen molar-refractivity contribution in [2.75, 3.05) is 69.0 Å². The molecule has 2 saturated heterocycles. The summed E-state index contributed by atoms with van der Waals surface area (Å²) in [6, 6.07) is 15.5. The lowest BCUT2D eigenvalue weighted by atomic mass is 10.1. The summed E-state index contributed by atoms with van der Waals surface area (Å²) >= 11 is 0. The third-order valence-electron chi connectivity index (χ3n) is 8.94. The van der Waals surface area contributed by atoms with E-state index >= 15 is 4.39 Å². The predicted octanol–water partition coefficient (Wildman–Crippen LogP) is 5.29. The standard InChI is InChI=1S/C36H35F2N9O3/c1-45(2)26-11-13-47(21-26)35(48)22-5-8-25(9-6-22)41-36(49)43-29-10-7-23(18-28(29)37)33-42-30-19-24(27-4-3-12-39-32(27)38)20-40-31(30)34(44-33)46-14-16-50-17-15-46/h3-10,12,18-20,26H,11,13-17,21H2,1-2H3,(H2,41,43,49)/t26-/m1/s1. The van der Waals surface area contributed by atoms with Crippen molar-refractivity contribution < 1.29 is 23.1 Å². The number of urea groups is 1. The van der Waals surface area contributed by atoms with Gasteiger partial charge in [-0.15, -0.1) is 0 Å². The molecule has 0 radical (unpaired) electrons. The Kier molecular flexibility index (Phi) is 9.28. The number of carbonyl (C=O) groups excluding carboxylic acids is 2. The monoisotopic (exact) mass is 679 g/mol. The lowest BCUT2D eigenvalue weighted by molar-refractivity contribution is 0.0783. The number of hydrogen-bond donors (Lipinski definition) is 2. The summed E-state index contributed by atoms with van der Waals surface area (Å²) in [4.78, 5) is 49.5. The van der Waals surface area contributed by atoms with Gasteiger partial charge in [0.05, 0.1) is 24.4 Å². The average Bonchev–Trinajstić information content (AvgIpc) is 3.64. The van der Waals surface area contributed by atoms with Gasteiger partial charge in [0.2, 0.25) is 5.95 Å². The Bertz CT molecular complexity index is 2060. The number of likely N-dealkylation sites (tertiary alicyclic amines) is 1. The van der Waals surface area contributed by atoms with Gasteiger partial charge in [-0.1, -0.05) is 0 Å². The van der Waals surface area contributed by atoms with Crippen molar-refractivity contribution in [1.82, 2.24) is 29.7 Å². The van der Waals surface area contributed by atoms with Crippen molar-refractivity contribution in [2.24, 2.45) is 0 Å². The van der Waals surface area contributed by atoms with E-state index in [1.54, 1.807) is 54.7 Å². The maximum atomic E-state index is 15.5. The van der Waals surface area contributed by atoms with Crippen LogP contribution in [0.15, 0.2) is 73.1 Å². The van der Waals surface area contributed by atoms with Gasteiger partial charge in [0, 0.05) is 72.6 Å². The minimum Gasteiger partial charge on any atom is -0.378 e. The number of hydrogen-bond acceptors (Lipinski definition) is 9. The summed E-state index contributed by atoms with van der Waals surface area (Å²) < 4.78 is 35.5. The molecule has 7 rings (SSSR count). The summed E-state index contributed by atoms with van der Waals surface area (Å²) in [7, 11) is 4.02. The maximum Gasteiger partial charge on any atom is 0.323 e. The fourth-order valence-corrected chi connectivity index (χ4v) is 6.14. The molecule has 2 aromatic carbocycles. The van der Waals surface area contributed by atoms with Crippen LogP contribution in [0.5, 0.6) is 0 Å². The summed E-state index contributed by atoms with van der Waals surface area (Å²) in [5.41, 5.74) is 3.04. The molecule has 12 nitrogen and oxygen atoms in total. The predicted molar refractivity (Wildman–Crippen MR) is 186 cm³/mol. The molecular weight excluding hydrogens is 644 g/mol. The quantitative estimate of drug-likeness (QED) is 0.221. The molecule has 5 heterocycles. The van der Waals surface area contributed by atoms with Crippen molar-refractivity contribution in [3.8, 4) is 22.5 Å². The molecule has 1 atom stereocenters. The van der Waals surface area contributed by atoms with E-state index in [-0.39, 0.29) is 23.0 Å². The van der Waals surface area contributed by atoms with Crippen LogP contribution in [0.4, 0.5) is 30.8 Å². The van der Waals surface area contributed by atoms with E-state index in [0.717, 1.165) is 6.42 Å². The van der Waals surface area contributed by atoms with E-state index in [1.807, 2.05) is 23.9 Å². The van der Waals surface area contributed by atoms with E-state index < -0.39 is 17.8 Å². The SMILES string of the molecule is CN(C)[C@@H]1CCN(C(=O)c2ccc(NC(=O)Nc3ccc(-c4nc(N5CCOCC5)c5ncc(-c6cccnc6F)cc5n4)cc3F)cc2)C1. The fraction of sp³-hybridized carbons (Fsp3) is 0.278. The van der Waals surface area contributed by atoms with Crippen LogP contribution in [0.1, 0.15) is 16.8 Å². The smallest absolute Gasteiger partial charge is 0.323 e. The van der Waals surface area contributed by atoms with Gasteiger partial charge in [0.15, 0.2) is 11.6 Å². The number of fused-ring (bicyclic) bond motifs is 1. The normalized spacial score (nSPS) is 16.2. The lowest BCUT2D eigenvalue weighted by Crippen LogP contribution is -2.37. The van der Waals surface area contributed by atoms with Crippen LogP contribution in [0, 0.1) is 11.8 Å². The van der Waals surface area contributed by atoms with E-state index in [1.165, 1.54) is 18.3 Å². The molecule has 2 aliphatic heterocycles. The molecule has 2 fully saturated rings. The first-order valence-electron chi connectivity index (χ1n) is 16.3. The lowest BCUT2D eigenvalue weighted by Gasteiger charge is -2.28. The van der Waals surface area contributed by atoms with E-state index in [9.17, 15) is 14.0 Å². The highest BCUT2D eigenvalue weighted by molar-refractivity contribution is 6.01. The largest absolute Gasteiger partial charge is 0.378 e. The van der Waals surface area contributed by atoms with Crippen molar-refractivity contribution in [3.05, 3.63) is 90.4 Å². The number of aromatic nitrogens is 4.